The van der Waals surface area contributed by atoms with Crippen LogP contribution in [-0.4, -0.2) is 61.1 Å². The van der Waals surface area contributed by atoms with Crippen molar-refractivity contribution in [3.05, 3.63) is 29.8 Å². The number of urea groups is 1. The number of ether oxygens (including phenoxy) is 1. The number of carbonyl (C=O) groups is 2. The first-order chi connectivity index (χ1) is 11.6. The molecule has 2 fully saturated rings. The molecule has 0 saturated carbocycles. The van der Waals surface area contributed by atoms with Gasteiger partial charge in [0.2, 0.25) is 5.91 Å². The van der Waals surface area contributed by atoms with E-state index in [0.717, 1.165) is 37.1 Å². The summed E-state index contributed by atoms with van der Waals surface area (Å²) < 4.78 is 5.42. The van der Waals surface area contributed by atoms with E-state index in [1.165, 1.54) is 0 Å². The summed E-state index contributed by atoms with van der Waals surface area (Å²) in [6.45, 7) is 1.36. The van der Waals surface area contributed by atoms with E-state index in [-0.39, 0.29) is 24.0 Å². The van der Waals surface area contributed by atoms with Gasteiger partial charge >= 0.3 is 6.03 Å². The fourth-order valence-electron chi connectivity index (χ4n) is 3.66. The van der Waals surface area contributed by atoms with Crippen molar-refractivity contribution in [2.75, 3.05) is 27.2 Å². The molecule has 0 radical (unpaired) electrons. The third kappa shape index (κ3) is 3.47. The van der Waals surface area contributed by atoms with E-state index < -0.39 is 0 Å². The van der Waals surface area contributed by atoms with Gasteiger partial charge in [-0.2, -0.15) is 0 Å². The average molecular weight is 331 g/mol. The zero-order valence-electron chi connectivity index (χ0n) is 14.3. The molecule has 2 aliphatic rings. The molecule has 0 spiro atoms. The van der Waals surface area contributed by atoms with Crippen LogP contribution < -0.4 is 10.1 Å². The Kier molecular flexibility index (Phi) is 4.92. The lowest BCUT2D eigenvalue weighted by Crippen LogP contribution is -2.48. The molecule has 2 heterocycles. The second-order valence-corrected chi connectivity index (χ2v) is 6.63. The third-order valence-corrected chi connectivity index (χ3v) is 4.95. The van der Waals surface area contributed by atoms with E-state index in [4.69, 9.17) is 4.74 Å². The van der Waals surface area contributed by atoms with Gasteiger partial charge in [0.05, 0.1) is 13.2 Å². The van der Waals surface area contributed by atoms with Gasteiger partial charge in [-0.15, -0.1) is 0 Å². The minimum Gasteiger partial charge on any atom is -0.496 e. The Labute approximate surface area is 142 Å². The number of amides is 3. The van der Waals surface area contributed by atoms with Crippen molar-refractivity contribution in [3.8, 4) is 5.75 Å². The molecular weight excluding hydrogens is 306 g/mol. The molecule has 24 heavy (non-hydrogen) atoms. The van der Waals surface area contributed by atoms with Crippen LogP contribution in [0.5, 0.6) is 5.75 Å². The highest BCUT2D eigenvalue weighted by Gasteiger charge is 2.33. The summed E-state index contributed by atoms with van der Waals surface area (Å²) in [7, 11) is 3.44. The molecule has 130 valence electrons. The first-order valence-electron chi connectivity index (χ1n) is 8.51. The molecule has 3 rings (SSSR count). The molecule has 1 aromatic rings. The quantitative estimate of drug-likeness (QED) is 0.912. The molecule has 0 aromatic heterocycles. The normalized spacial score (nSPS) is 23.7. The van der Waals surface area contributed by atoms with Gasteiger partial charge in [-0.1, -0.05) is 18.2 Å². The number of nitrogens with zero attached hydrogens (tertiary/aromatic N) is 2. The molecule has 0 bridgehead atoms. The maximum atomic E-state index is 12.6. The number of rotatable bonds is 4. The van der Waals surface area contributed by atoms with Gasteiger partial charge in [0, 0.05) is 32.6 Å². The van der Waals surface area contributed by atoms with Crippen molar-refractivity contribution in [1.29, 1.82) is 0 Å². The van der Waals surface area contributed by atoms with Crippen molar-refractivity contribution < 1.29 is 14.3 Å². The number of nitrogens with one attached hydrogen (secondary N) is 1. The van der Waals surface area contributed by atoms with Gasteiger partial charge in [0.25, 0.3) is 0 Å². The molecule has 2 atom stereocenters. The van der Waals surface area contributed by atoms with Crippen LogP contribution in [0, 0.1) is 0 Å². The van der Waals surface area contributed by atoms with Crippen molar-refractivity contribution in [1.82, 2.24) is 15.1 Å². The Morgan fingerprint density at radius 3 is 2.88 bits per heavy atom. The first-order valence-corrected chi connectivity index (χ1v) is 8.51. The van der Waals surface area contributed by atoms with Gasteiger partial charge in [0.1, 0.15) is 5.75 Å². The second-order valence-electron chi connectivity index (χ2n) is 6.63. The largest absolute Gasteiger partial charge is 0.496 e. The summed E-state index contributed by atoms with van der Waals surface area (Å²) in [6, 6.07) is 8.00. The Bertz CT molecular complexity index is 619. The summed E-state index contributed by atoms with van der Waals surface area (Å²) in [5.41, 5.74) is 1.13. The molecular formula is C18H25N3O3. The lowest BCUT2D eigenvalue weighted by atomic mass is 10.0. The molecule has 1 N–H and O–H groups in total. The maximum Gasteiger partial charge on any atom is 0.317 e. The molecule has 1 aromatic carbocycles. The van der Waals surface area contributed by atoms with Gasteiger partial charge in [-0.25, -0.2) is 4.79 Å². The van der Waals surface area contributed by atoms with E-state index in [9.17, 15) is 9.59 Å². The molecule has 2 aliphatic heterocycles. The number of likely N-dealkylation sites (N-methyl/N-ethyl adjacent to an activating group) is 1. The molecule has 0 aliphatic carbocycles. The van der Waals surface area contributed by atoms with Crippen molar-refractivity contribution in [2.45, 2.75) is 37.8 Å². The zero-order valence-corrected chi connectivity index (χ0v) is 14.3. The van der Waals surface area contributed by atoms with E-state index in [1.807, 2.05) is 23.1 Å². The van der Waals surface area contributed by atoms with Crippen LogP contribution in [0.3, 0.4) is 0 Å². The number of hydrogen-bond donors (Lipinski definition) is 1. The van der Waals surface area contributed by atoms with Crippen molar-refractivity contribution in [2.24, 2.45) is 0 Å². The molecule has 2 unspecified atom stereocenters. The van der Waals surface area contributed by atoms with Crippen LogP contribution >= 0.6 is 0 Å². The smallest absolute Gasteiger partial charge is 0.317 e. The predicted molar refractivity (Wildman–Crippen MR) is 91.0 cm³/mol. The van der Waals surface area contributed by atoms with Crippen molar-refractivity contribution >= 4 is 11.9 Å². The number of methoxy groups -OCH3 is 1. The SMILES string of the molecule is COc1ccccc1CC1CCCN1C(=O)NC1CC(=O)N(C)C1. The highest BCUT2D eigenvalue weighted by Crippen LogP contribution is 2.26. The van der Waals surface area contributed by atoms with E-state index in [1.54, 1.807) is 19.1 Å². The average Bonchev–Trinajstić information content (AvgIpc) is 3.15. The van der Waals surface area contributed by atoms with E-state index in [2.05, 4.69) is 11.4 Å². The highest BCUT2D eigenvalue weighted by atomic mass is 16.5. The lowest BCUT2D eigenvalue weighted by molar-refractivity contribution is -0.126. The van der Waals surface area contributed by atoms with Gasteiger partial charge < -0.3 is 19.9 Å². The van der Waals surface area contributed by atoms with Crippen LogP contribution in [0.25, 0.3) is 0 Å². The molecule has 3 amide bonds. The fraction of sp³-hybridized carbons (Fsp3) is 0.556. The maximum absolute atomic E-state index is 12.6. The summed E-state index contributed by atoms with van der Waals surface area (Å²) in [5.74, 6) is 0.958. The Morgan fingerprint density at radius 2 is 2.17 bits per heavy atom. The highest BCUT2D eigenvalue weighted by molar-refractivity contribution is 5.81. The van der Waals surface area contributed by atoms with Crippen LogP contribution in [0.2, 0.25) is 0 Å². The summed E-state index contributed by atoms with van der Waals surface area (Å²) in [4.78, 5) is 27.8. The number of benzene rings is 1. The standard InChI is InChI=1S/C18H25N3O3/c1-20-12-14(11-17(20)22)19-18(23)21-9-5-7-15(21)10-13-6-3-4-8-16(13)24-2/h3-4,6,8,14-15H,5,7,9-12H2,1-2H3,(H,19,23). The Morgan fingerprint density at radius 1 is 1.38 bits per heavy atom. The van der Waals surface area contributed by atoms with Gasteiger partial charge in [-0.3, -0.25) is 4.79 Å². The number of hydrogen-bond acceptors (Lipinski definition) is 3. The van der Waals surface area contributed by atoms with Crippen molar-refractivity contribution in [3.63, 3.8) is 0 Å². The van der Waals surface area contributed by atoms with Crippen LogP contribution in [0.15, 0.2) is 24.3 Å². The summed E-state index contributed by atoms with van der Waals surface area (Å²) in [6.07, 6.45) is 3.19. The molecule has 2 saturated heterocycles. The van der Waals surface area contributed by atoms with Crippen LogP contribution in [0.4, 0.5) is 4.79 Å². The number of likely N-dealkylation sites (tertiary alicyclic amines) is 2. The van der Waals surface area contributed by atoms with Gasteiger partial charge in [0.15, 0.2) is 0 Å². The van der Waals surface area contributed by atoms with Gasteiger partial charge in [-0.05, 0) is 30.9 Å². The molecule has 6 heteroatoms. The number of para-hydroxylation sites is 1. The summed E-state index contributed by atoms with van der Waals surface area (Å²) in [5, 5.41) is 3.02. The Balaban J connectivity index is 1.62. The van der Waals surface area contributed by atoms with E-state index >= 15 is 0 Å². The topological polar surface area (TPSA) is 61.9 Å². The minimum atomic E-state index is -0.0810. The number of carbonyl (C=O) groups excluding carboxylic acids is 2. The summed E-state index contributed by atoms with van der Waals surface area (Å²) >= 11 is 0. The van der Waals surface area contributed by atoms with Crippen LogP contribution in [-0.2, 0) is 11.2 Å². The monoisotopic (exact) mass is 331 g/mol. The fourth-order valence-corrected chi connectivity index (χ4v) is 3.66. The second kappa shape index (κ2) is 7.11. The zero-order chi connectivity index (χ0) is 17.1. The molecule has 6 nitrogen and oxygen atoms in total. The third-order valence-electron chi connectivity index (χ3n) is 4.95. The first kappa shape index (κ1) is 16.6. The Hall–Kier alpha value is -2.24. The lowest BCUT2D eigenvalue weighted by Gasteiger charge is -2.27. The minimum absolute atomic E-state index is 0.0551. The predicted octanol–water partition coefficient (Wildman–Crippen LogP) is 1.64. The van der Waals surface area contributed by atoms with E-state index in [0.29, 0.717) is 13.0 Å². The van der Waals surface area contributed by atoms with Crippen LogP contribution in [0.1, 0.15) is 24.8 Å².